The fourth-order valence-corrected chi connectivity index (χ4v) is 2.42. The molecule has 0 atom stereocenters. The van der Waals surface area contributed by atoms with E-state index in [9.17, 15) is 4.79 Å². The minimum Gasteiger partial charge on any atom is -0.377 e. The Bertz CT molecular complexity index is 550. The van der Waals surface area contributed by atoms with Gasteiger partial charge in [0.1, 0.15) is 12.4 Å². The van der Waals surface area contributed by atoms with E-state index in [1.165, 1.54) is 17.4 Å². The number of ether oxygens (including phenoxy) is 1. The molecule has 84 valence electrons. The molecule has 6 heteroatoms. The van der Waals surface area contributed by atoms with Crippen molar-refractivity contribution in [3.63, 3.8) is 0 Å². The number of aromatic nitrogens is 2. The van der Waals surface area contributed by atoms with E-state index < -0.39 is 0 Å². The molecule has 2 aromatic rings. The van der Waals surface area contributed by atoms with E-state index in [1.54, 1.807) is 13.2 Å². The fourth-order valence-electron chi connectivity index (χ4n) is 1.31. The van der Waals surface area contributed by atoms with Gasteiger partial charge in [0.25, 0.3) is 5.56 Å². The van der Waals surface area contributed by atoms with Crippen LogP contribution >= 0.6 is 22.9 Å². The van der Waals surface area contributed by atoms with Gasteiger partial charge in [0.05, 0.1) is 15.6 Å². The molecule has 0 radical (unpaired) electrons. The lowest BCUT2D eigenvalue weighted by molar-refractivity contribution is 0.177. The molecule has 0 aliphatic heterocycles. The Kier molecular flexibility index (Phi) is 3.38. The molecule has 0 aliphatic carbocycles. The van der Waals surface area contributed by atoms with Crippen LogP contribution in [0.4, 0.5) is 0 Å². The van der Waals surface area contributed by atoms with Crippen LogP contribution in [0.15, 0.2) is 22.3 Å². The lowest BCUT2D eigenvalue weighted by Crippen LogP contribution is -2.11. The summed E-state index contributed by atoms with van der Waals surface area (Å²) >= 11 is 7.43. The Balaban J connectivity index is 2.49. The van der Waals surface area contributed by atoms with Crippen molar-refractivity contribution in [3.8, 4) is 10.6 Å². The predicted octanol–water partition coefficient (Wildman–Crippen LogP) is 2.30. The highest BCUT2D eigenvalue weighted by molar-refractivity contribution is 7.14. The quantitative estimate of drug-likeness (QED) is 0.917. The second-order valence-corrected chi connectivity index (χ2v) is 4.43. The van der Waals surface area contributed by atoms with E-state index in [2.05, 4.69) is 9.97 Å². The number of nitrogens with one attached hydrogen (secondary N) is 1. The van der Waals surface area contributed by atoms with E-state index in [0.29, 0.717) is 16.5 Å². The lowest BCUT2D eigenvalue weighted by atomic mass is 10.3. The molecule has 0 aliphatic rings. The Labute approximate surface area is 101 Å². The normalized spacial score (nSPS) is 10.6. The van der Waals surface area contributed by atoms with Gasteiger partial charge in [0, 0.05) is 13.2 Å². The summed E-state index contributed by atoms with van der Waals surface area (Å²) in [5, 5.41) is 2.46. The molecule has 2 aromatic heterocycles. The van der Waals surface area contributed by atoms with Gasteiger partial charge in [-0.25, -0.2) is 4.98 Å². The number of hydrogen-bond donors (Lipinski definition) is 1. The first-order valence-corrected chi connectivity index (χ1v) is 5.79. The molecule has 16 heavy (non-hydrogen) atoms. The molecule has 0 bridgehead atoms. The summed E-state index contributed by atoms with van der Waals surface area (Å²) in [6.45, 7) is 0.270. The Hall–Kier alpha value is -1.17. The van der Waals surface area contributed by atoms with E-state index in [1.807, 2.05) is 5.38 Å². The summed E-state index contributed by atoms with van der Waals surface area (Å²) in [7, 11) is 1.55. The van der Waals surface area contributed by atoms with E-state index in [0.717, 1.165) is 4.88 Å². The number of aromatic amines is 1. The van der Waals surface area contributed by atoms with Gasteiger partial charge >= 0.3 is 0 Å². The smallest absolute Gasteiger partial charge is 0.251 e. The third-order valence-corrected chi connectivity index (χ3v) is 3.29. The molecular formula is C10H9ClN2O2S. The summed E-state index contributed by atoms with van der Waals surface area (Å²) in [5.41, 5.74) is 0.373. The third kappa shape index (κ3) is 2.32. The molecule has 2 rings (SSSR count). The summed E-state index contributed by atoms with van der Waals surface area (Å²) in [6.07, 6.45) is 0. The number of thiophene rings is 1. The minimum absolute atomic E-state index is 0.207. The molecule has 0 fully saturated rings. The minimum atomic E-state index is -0.207. The molecule has 0 unspecified atom stereocenters. The van der Waals surface area contributed by atoms with Gasteiger partial charge in [0.15, 0.2) is 0 Å². The zero-order valence-electron chi connectivity index (χ0n) is 8.49. The molecule has 0 spiro atoms. The van der Waals surface area contributed by atoms with E-state index in [4.69, 9.17) is 16.3 Å². The first kappa shape index (κ1) is 11.3. The van der Waals surface area contributed by atoms with E-state index in [-0.39, 0.29) is 12.2 Å². The van der Waals surface area contributed by atoms with Gasteiger partial charge in [-0.15, -0.1) is 11.3 Å². The van der Waals surface area contributed by atoms with Crippen molar-refractivity contribution in [2.75, 3.05) is 7.11 Å². The van der Waals surface area contributed by atoms with Crippen LogP contribution in [0.2, 0.25) is 5.02 Å². The van der Waals surface area contributed by atoms with Crippen molar-refractivity contribution in [2.45, 2.75) is 6.61 Å². The highest BCUT2D eigenvalue weighted by atomic mass is 35.5. The van der Waals surface area contributed by atoms with Gasteiger partial charge in [-0.1, -0.05) is 11.6 Å². The number of nitrogens with zero attached hydrogens (tertiary/aromatic N) is 1. The summed E-state index contributed by atoms with van der Waals surface area (Å²) in [6, 6.07) is 3.21. The molecule has 0 saturated carbocycles. The first-order chi connectivity index (χ1) is 7.70. The van der Waals surface area contributed by atoms with Gasteiger partial charge in [-0.2, -0.15) is 0 Å². The topological polar surface area (TPSA) is 55.0 Å². The number of hydrogen-bond acceptors (Lipinski definition) is 4. The van der Waals surface area contributed by atoms with Crippen LogP contribution in [-0.4, -0.2) is 17.1 Å². The average molecular weight is 257 g/mol. The van der Waals surface area contributed by atoms with Crippen LogP contribution < -0.4 is 5.56 Å². The Morgan fingerprint density at radius 3 is 3.06 bits per heavy atom. The summed E-state index contributed by atoms with van der Waals surface area (Å²) in [5.74, 6) is 0.495. The van der Waals surface area contributed by atoms with Crippen LogP contribution in [0.1, 0.15) is 5.82 Å². The van der Waals surface area contributed by atoms with Crippen molar-refractivity contribution >= 4 is 22.9 Å². The number of methoxy groups -OCH3 is 1. The molecule has 1 N–H and O–H groups in total. The second-order valence-electron chi connectivity index (χ2n) is 3.11. The first-order valence-electron chi connectivity index (χ1n) is 4.53. The molecular weight excluding hydrogens is 248 g/mol. The number of halogens is 1. The number of H-pyrrole nitrogens is 1. The van der Waals surface area contributed by atoms with Crippen molar-refractivity contribution < 1.29 is 4.74 Å². The highest BCUT2D eigenvalue weighted by Gasteiger charge is 2.08. The van der Waals surface area contributed by atoms with Crippen molar-refractivity contribution in [2.24, 2.45) is 0 Å². The maximum Gasteiger partial charge on any atom is 0.251 e. The molecule has 0 aromatic carbocycles. The standard InChI is InChI=1S/C10H9ClN2O2S/c1-15-5-8-12-7(4-9(14)13-8)10-6(11)2-3-16-10/h2-4H,5H2,1H3,(H,12,13,14). The van der Waals surface area contributed by atoms with Crippen molar-refractivity contribution in [1.82, 2.24) is 9.97 Å². The average Bonchev–Trinajstić information content (AvgIpc) is 2.64. The maximum absolute atomic E-state index is 11.4. The van der Waals surface area contributed by atoms with Gasteiger partial charge in [-0.3, -0.25) is 4.79 Å². The molecule has 2 heterocycles. The molecule has 0 saturated heterocycles. The molecule has 4 nitrogen and oxygen atoms in total. The van der Waals surface area contributed by atoms with Gasteiger partial charge < -0.3 is 9.72 Å². The SMILES string of the molecule is COCc1nc(-c2sccc2Cl)cc(=O)[nH]1. The van der Waals surface area contributed by atoms with E-state index >= 15 is 0 Å². The molecule has 0 amide bonds. The lowest BCUT2D eigenvalue weighted by Gasteiger charge is -2.02. The van der Waals surface area contributed by atoms with Crippen LogP contribution in [0.25, 0.3) is 10.6 Å². The Morgan fingerprint density at radius 1 is 1.62 bits per heavy atom. The zero-order chi connectivity index (χ0) is 11.5. The van der Waals surface area contributed by atoms with Crippen LogP contribution in [0.5, 0.6) is 0 Å². The monoisotopic (exact) mass is 256 g/mol. The zero-order valence-corrected chi connectivity index (χ0v) is 10.1. The van der Waals surface area contributed by atoms with Crippen molar-refractivity contribution in [3.05, 3.63) is 38.7 Å². The summed E-state index contributed by atoms with van der Waals surface area (Å²) in [4.78, 5) is 19.1. The van der Waals surface area contributed by atoms with Crippen LogP contribution in [0, 0.1) is 0 Å². The number of rotatable bonds is 3. The maximum atomic E-state index is 11.4. The second kappa shape index (κ2) is 4.78. The third-order valence-electron chi connectivity index (χ3n) is 1.92. The highest BCUT2D eigenvalue weighted by Crippen LogP contribution is 2.31. The van der Waals surface area contributed by atoms with Gasteiger partial charge in [0.2, 0.25) is 0 Å². The Morgan fingerprint density at radius 2 is 2.44 bits per heavy atom. The fraction of sp³-hybridized carbons (Fsp3) is 0.200. The predicted molar refractivity (Wildman–Crippen MR) is 63.9 cm³/mol. The largest absolute Gasteiger partial charge is 0.377 e. The van der Waals surface area contributed by atoms with Crippen molar-refractivity contribution in [1.29, 1.82) is 0 Å². The van der Waals surface area contributed by atoms with Crippen LogP contribution in [0.3, 0.4) is 0 Å². The van der Waals surface area contributed by atoms with Gasteiger partial charge in [-0.05, 0) is 11.4 Å². The van der Waals surface area contributed by atoms with Crippen LogP contribution in [-0.2, 0) is 11.3 Å². The summed E-state index contributed by atoms with van der Waals surface area (Å²) < 4.78 is 4.92.